The molecule has 8 nitrogen and oxygen atoms in total. The Morgan fingerprint density at radius 2 is 1.11 bits per heavy atom. The van der Waals surface area contributed by atoms with Crippen LogP contribution < -0.4 is 0 Å². The van der Waals surface area contributed by atoms with Gasteiger partial charge in [-0.1, -0.05) is 127 Å². The van der Waals surface area contributed by atoms with Crippen LogP contribution >= 0.6 is 7.82 Å². The van der Waals surface area contributed by atoms with Crippen LogP contribution in [0.5, 0.6) is 0 Å². The van der Waals surface area contributed by atoms with E-state index in [1.165, 1.54) is 51.4 Å². The van der Waals surface area contributed by atoms with Gasteiger partial charge in [0.25, 0.3) is 0 Å². The number of phosphoric ester groups is 1. The van der Waals surface area contributed by atoms with Crippen LogP contribution in [0.4, 0.5) is 0 Å². The van der Waals surface area contributed by atoms with Crippen molar-refractivity contribution in [2.24, 2.45) is 0 Å². The number of rotatable bonds is 32. The predicted octanol–water partition coefficient (Wildman–Crippen LogP) is 10.7. The molecule has 0 aliphatic heterocycles. The maximum absolute atomic E-state index is 12.4. The third-order valence-corrected chi connectivity index (χ3v) is 8.21. The predicted molar refractivity (Wildman–Crippen MR) is 188 cm³/mol. The van der Waals surface area contributed by atoms with E-state index in [0.717, 1.165) is 57.8 Å². The molecule has 0 fully saturated rings. The zero-order valence-corrected chi connectivity index (χ0v) is 30.1. The lowest BCUT2D eigenvalue weighted by Crippen LogP contribution is -2.29. The van der Waals surface area contributed by atoms with Gasteiger partial charge in [0.2, 0.25) is 0 Å². The van der Waals surface area contributed by atoms with Crippen molar-refractivity contribution in [1.82, 2.24) is 0 Å². The summed E-state index contributed by atoms with van der Waals surface area (Å²) in [6, 6.07) is 0. The molecular weight excluding hydrogens is 603 g/mol. The number of carbonyl (C=O) groups excluding carboxylic acids is 2. The largest absolute Gasteiger partial charge is 0.472 e. The van der Waals surface area contributed by atoms with E-state index in [2.05, 4.69) is 62.5 Å². The first-order valence-corrected chi connectivity index (χ1v) is 19.4. The number of carbonyl (C=O) groups is 2. The molecule has 0 aliphatic rings. The third-order valence-electron chi connectivity index (χ3n) is 7.15. The van der Waals surface area contributed by atoms with E-state index in [0.29, 0.717) is 6.42 Å². The maximum atomic E-state index is 12.4. The fourth-order valence-electron chi connectivity index (χ4n) is 4.56. The molecule has 0 bridgehead atoms. The number of hydrogen-bond acceptors (Lipinski definition) is 7. The SMILES string of the molecule is CC/C=C\C/C=C\C/C=C\C/C=C\CCCCC(=O)OC(COC(=O)CCCCCCCCCCCCC)COP(=O)(O)OCC. The Kier molecular flexibility index (Phi) is 31.5. The molecule has 0 spiro atoms. The number of hydrogen-bond donors (Lipinski definition) is 1. The molecule has 0 aromatic rings. The van der Waals surface area contributed by atoms with Gasteiger partial charge in [-0.15, -0.1) is 0 Å². The quantitative estimate of drug-likeness (QED) is 0.0326. The van der Waals surface area contributed by atoms with Crippen molar-refractivity contribution in [3.05, 3.63) is 48.6 Å². The van der Waals surface area contributed by atoms with Crippen molar-refractivity contribution in [3.63, 3.8) is 0 Å². The van der Waals surface area contributed by atoms with E-state index in [9.17, 15) is 19.0 Å². The summed E-state index contributed by atoms with van der Waals surface area (Å²) in [5.41, 5.74) is 0. The normalized spacial score (nSPS) is 14.1. The van der Waals surface area contributed by atoms with Crippen LogP contribution in [0.25, 0.3) is 0 Å². The minimum atomic E-state index is -4.28. The van der Waals surface area contributed by atoms with E-state index >= 15 is 0 Å². The molecular formula is C37H65O8P. The first-order chi connectivity index (χ1) is 22.3. The molecule has 0 aromatic carbocycles. The van der Waals surface area contributed by atoms with Gasteiger partial charge in [0.05, 0.1) is 13.2 Å². The molecule has 46 heavy (non-hydrogen) atoms. The Labute approximate surface area is 280 Å². The topological polar surface area (TPSA) is 108 Å². The van der Waals surface area contributed by atoms with Gasteiger partial charge in [0, 0.05) is 12.8 Å². The number of ether oxygens (including phenoxy) is 2. The maximum Gasteiger partial charge on any atom is 0.472 e. The summed E-state index contributed by atoms with van der Waals surface area (Å²) in [7, 11) is -4.28. The molecule has 266 valence electrons. The van der Waals surface area contributed by atoms with Crippen LogP contribution in [-0.4, -0.2) is 42.8 Å². The number of phosphoric acid groups is 1. The standard InChI is InChI=1S/C37H65O8P/c1-4-7-9-11-13-15-17-18-19-20-22-24-26-28-30-32-37(39)45-35(34-44-46(40,41)43-6-3)33-42-36(38)31-29-27-25-23-21-16-14-12-10-8-5-2/h7,9,13,15,18-19,22,24,35H,4-6,8,10-12,14,16-17,20-21,23,25-34H2,1-3H3,(H,40,41)/b9-7-,15-13-,19-18-,24-22-. The highest BCUT2D eigenvalue weighted by molar-refractivity contribution is 7.47. The highest BCUT2D eigenvalue weighted by atomic mass is 31.2. The average molecular weight is 669 g/mol. The van der Waals surface area contributed by atoms with Gasteiger partial charge in [-0.25, -0.2) is 4.57 Å². The Hall–Kier alpha value is -1.99. The van der Waals surface area contributed by atoms with Gasteiger partial charge in [-0.3, -0.25) is 18.6 Å². The van der Waals surface area contributed by atoms with Crippen molar-refractivity contribution in [3.8, 4) is 0 Å². The lowest BCUT2D eigenvalue weighted by molar-refractivity contribution is -0.161. The lowest BCUT2D eigenvalue weighted by atomic mass is 10.1. The molecule has 0 radical (unpaired) electrons. The Balaban J connectivity index is 4.28. The van der Waals surface area contributed by atoms with Crippen molar-refractivity contribution < 1.29 is 37.6 Å². The van der Waals surface area contributed by atoms with Crippen molar-refractivity contribution in [1.29, 1.82) is 0 Å². The number of allylic oxidation sites excluding steroid dienone is 8. The van der Waals surface area contributed by atoms with Gasteiger partial charge in [0.1, 0.15) is 6.61 Å². The molecule has 0 heterocycles. The van der Waals surface area contributed by atoms with Gasteiger partial charge < -0.3 is 14.4 Å². The van der Waals surface area contributed by atoms with Crippen LogP contribution in [0.15, 0.2) is 48.6 Å². The Morgan fingerprint density at radius 1 is 0.609 bits per heavy atom. The molecule has 0 saturated heterocycles. The summed E-state index contributed by atoms with van der Waals surface area (Å²) < 4.78 is 32.4. The molecule has 0 aliphatic carbocycles. The number of unbranched alkanes of at least 4 members (excludes halogenated alkanes) is 12. The molecule has 2 atom stereocenters. The zero-order chi connectivity index (χ0) is 34.0. The molecule has 2 unspecified atom stereocenters. The summed E-state index contributed by atoms with van der Waals surface area (Å²) in [6.07, 6.45) is 36.0. The highest BCUT2D eigenvalue weighted by Crippen LogP contribution is 2.43. The summed E-state index contributed by atoms with van der Waals surface area (Å²) in [4.78, 5) is 34.5. The fraction of sp³-hybridized carbons (Fsp3) is 0.730. The smallest absolute Gasteiger partial charge is 0.462 e. The van der Waals surface area contributed by atoms with Gasteiger partial charge in [-0.2, -0.15) is 0 Å². The summed E-state index contributed by atoms with van der Waals surface area (Å²) in [5, 5.41) is 0. The first-order valence-electron chi connectivity index (χ1n) is 17.9. The van der Waals surface area contributed by atoms with Gasteiger partial charge >= 0.3 is 19.8 Å². The Morgan fingerprint density at radius 3 is 1.67 bits per heavy atom. The summed E-state index contributed by atoms with van der Waals surface area (Å²) in [6.45, 7) is 5.27. The second kappa shape index (κ2) is 32.9. The molecule has 9 heteroatoms. The van der Waals surface area contributed by atoms with Crippen LogP contribution in [0, 0.1) is 0 Å². The van der Waals surface area contributed by atoms with Gasteiger partial charge in [-0.05, 0) is 58.3 Å². The average Bonchev–Trinajstić information content (AvgIpc) is 3.03. The monoisotopic (exact) mass is 668 g/mol. The molecule has 0 amide bonds. The van der Waals surface area contributed by atoms with Crippen LogP contribution in [-0.2, 0) is 32.7 Å². The fourth-order valence-corrected chi connectivity index (χ4v) is 5.31. The zero-order valence-electron chi connectivity index (χ0n) is 29.2. The molecule has 0 rings (SSSR count). The molecule has 1 N–H and O–H groups in total. The van der Waals surface area contributed by atoms with E-state index < -0.39 is 26.5 Å². The summed E-state index contributed by atoms with van der Waals surface area (Å²) >= 11 is 0. The van der Waals surface area contributed by atoms with E-state index in [1.807, 2.05) is 0 Å². The Bertz CT molecular complexity index is 896. The van der Waals surface area contributed by atoms with E-state index in [1.54, 1.807) is 6.92 Å². The first kappa shape index (κ1) is 44.0. The van der Waals surface area contributed by atoms with Crippen molar-refractivity contribution in [2.75, 3.05) is 19.8 Å². The van der Waals surface area contributed by atoms with Crippen LogP contribution in [0.2, 0.25) is 0 Å². The second-order valence-corrected chi connectivity index (χ2v) is 13.0. The minimum Gasteiger partial charge on any atom is -0.462 e. The van der Waals surface area contributed by atoms with E-state index in [-0.39, 0.29) is 32.0 Å². The molecule has 0 saturated carbocycles. The van der Waals surface area contributed by atoms with Crippen molar-refractivity contribution in [2.45, 2.75) is 155 Å². The second-order valence-electron chi connectivity index (χ2n) is 11.5. The summed E-state index contributed by atoms with van der Waals surface area (Å²) in [5.74, 6) is -0.851. The van der Waals surface area contributed by atoms with Crippen molar-refractivity contribution >= 4 is 19.8 Å². The number of esters is 2. The minimum absolute atomic E-state index is 0.00848. The van der Waals surface area contributed by atoms with Gasteiger partial charge in [0.15, 0.2) is 6.10 Å². The highest BCUT2D eigenvalue weighted by Gasteiger charge is 2.25. The van der Waals surface area contributed by atoms with Crippen LogP contribution in [0.3, 0.4) is 0 Å². The van der Waals surface area contributed by atoms with E-state index in [4.69, 9.17) is 18.5 Å². The lowest BCUT2D eigenvalue weighted by Gasteiger charge is -2.19. The van der Waals surface area contributed by atoms with Crippen LogP contribution in [0.1, 0.15) is 149 Å². The molecule has 0 aromatic heterocycles. The third kappa shape index (κ3) is 32.0.